The minimum atomic E-state index is 0.482. The van der Waals surface area contributed by atoms with Crippen molar-refractivity contribution in [1.29, 1.82) is 0 Å². The molecule has 0 bridgehead atoms. The third-order valence-electron chi connectivity index (χ3n) is 2.52. The van der Waals surface area contributed by atoms with Crippen LogP contribution in [0.25, 0.3) is 0 Å². The lowest BCUT2D eigenvalue weighted by Crippen LogP contribution is -2.00. The zero-order valence-corrected chi connectivity index (χ0v) is 13.2. The van der Waals surface area contributed by atoms with Gasteiger partial charge >= 0.3 is 0 Å². The highest BCUT2D eigenvalue weighted by atomic mass is 79.9. The SMILES string of the molecule is Cc1ccc(OCc2ccc(Br)cn2)c(CBr)c1. The Morgan fingerprint density at radius 2 is 2.06 bits per heavy atom. The summed E-state index contributed by atoms with van der Waals surface area (Å²) in [5.41, 5.74) is 3.31. The van der Waals surface area contributed by atoms with Crippen LogP contribution in [-0.4, -0.2) is 4.98 Å². The summed E-state index contributed by atoms with van der Waals surface area (Å²) in [6, 6.07) is 10.1. The third-order valence-corrected chi connectivity index (χ3v) is 3.60. The number of rotatable bonds is 4. The lowest BCUT2D eigenvalue weighted by molar-refractivity contribution is 0.299. The summed E-state index contributed by atoms with van der Waals surface area (Å²) < 4.78 is 6.78. The molecule has 0 radical (unpaired) electrons. The minimum Gasteiger partial charge on any atom is -0.487 e. The molecule has 18 heavy (non-hydrogen) atoms. The van der Waals surface area contributed by atoms with Crippen molar-refractivity contribution in [2.24, 2.45) is 0 Å². The van der Waals surface area contributed by atoms with Crippen molar-refractivity contribution in [2.75, 3.05) is 0 Å². The van der Waals surface area contributed by atoms with Crippen LogP contribution in [0.4, 0.5) is 0 Å². The Kier molecular flexibility index (Phi) is 4.78. The second-order valence-corrected chi connectivity index (χ2v) is 5.48. The van der Waals surface area contributed by atoms with Crippen molar-refractivity contribution in [1.82, 2.24) is 4.98 Å². The average molecular weight is 371 g/mol. The quantitative estimate of drug-likeness (QED) is 0.732. The molecule has 2 rings (SSSR count). The second-order valence-electron chi connectivity index (χ2n) is 4.00. The summed E-state index contributed by atoms with van der Waals surface area (Å²) in [6.45, 7) is 2.56. The van der Waals surface area contributed by atoms with Gasteiger partial charge in [0.25, 0.3) is 0 Å². The largest absolute Gasteiger partial charge is 0.487 e. The van der Waals surface area contributed by atoms with Gasteiger partial charge in [-0.15, -0.1) is 0 Å². The highest BCUT2D eigenvalue weighted by Crippen LogP contribution is 2.23. The molecule has 1 aromatic heterocycles. The van der Waals surface area contributed by atoms with Gasteiger partial charge in [0.2, 0.25) is 0 Å². The van der Waals surface area contributed by atoms with Gasteiger partial charge in [0, 0.05) is 21.6 Å². The number of nitrogens with zero attached hydrogens (tertiary/aromatic N) is 1. The average Bonchev–Trinajstić information content (AvgIpc) is 2.39. The summed E-state index contributed by atoms with van der Waals surface area (Å²) in [5, 5.41) is 0.789. The molecule has 4 heteroatoms. The maximum absolute atomic E-state index is 5.80. The molecular weight excluding hydrogens is 358 g/mol. The first kappa shape index (κ1) is 13.6. The smallest absolute Gasteiger partial charge is 0.130 e. The topological polar surface area (TPSA) is 22.1 Å². The number of benzene rings is 1. The standard InChI is InChI=1S/C14H13Br2NO/c1-10-2-5-14(11(6-10)7-15)18-9-13-4-3-12(16)8-17-13/h2-6,8H,7,9H2,1H3. The van der Waals surface area contributed by atoms with Crippen LogP contribution in [0.1, 0.15) is 16.8 Å². The molecule has 2 aromatic rings. The summed E-state index contributed by atoms with van der Waals surface area (Å²) in [5.74, 6) is 0.905. The number of ether oxygens (including phenoxy) is 1. The van der Waals surface area contributed by atoms with Crippen LogP contribution in [0, 0.1) is 6.92 Å². The van der Waals surface area contributed by atoms with Gasteiger partial charge in [0.15, 0.2) is 0 Å². The first-order valence-electron chi connectivity index (χ1n) is 5.58. The zero-order valence-electron chi connectivity index (χ0n) is 9.99. The van der Waals surface area contributed by atoms with Gasteiger partial charge in [-0.1, -0.05) is 33.6 Å². The van der Waals surface area contributed by atoms with Gasteiger partial charge in [0.1, 0.15) is 12.4 Å². The molecule has 0 unspecified atom stereocenters. The molecule has 0 amide bonds. The van der Waals surface area contributed by atoms with Gasteiger partial charge < -0.3 is 4.74 Å². The van der Waals surface area contributed by atoms with E-state index in [9.17, 15) is 0 Å². The molecular formula is C14H13Br2NO. The zero-order chi connectivity index (χ0) is 13.0. The lowest BCUT2D eigenvalue weighted by Gasteiger charge is -2.10. The van der Waals surface area contributed by atoms with E-state index in [2.05, 4.69) is 55.9 Å². The van der Waals surface area contributed by atoms with Crippen molar-refractivity contribution in [3.05, 3.63) is 57.8 Å². The number of pyridine rings is 1. The van der Waals surface area contributed by atoms with Gasteiger partial charge in [-0.25, -0.2) is 0 Å². The monoisotopic (exact) mass is 369 g/mol. The van der Waals surface area contributed by atoms with E-state index in [-0.39, 0.29) is 0 Å². The molecule has 1 aromatic carbocycles. The molecule has 0 aliphatic heterocycles. The number of aromatic nitrogens is 1. The van der Waals surface area contributed by atoms with Crippen molar-refractivity contribution in [3.63, 3.8) is 0 Å². The maximum Gasteiger partial charge on any atom is 0.130 e. The van der Waals surface area contributed by atoms with Crippen LogP contribution in [0.15, 0.2) is 41.0 Å². The highest BCUT2D eigenvalue weighted by molar-refractivity contribution is 9.10. The minimum absolute atomic E-state index is 0.482. The summed E-state index contributed by atoms with van der Waals surface area (Å²) in [7, 11) is 0. The van der Waals surface area contributed by atoms with E-state index in [1.807, 2.05) is 18.2 Å². The van der Waals surface area contributed by atoms with E-state index in [4.69, 9.17) is 4.74 Å². The van der Waals surface area contributed by atoms with Crippen LogP contribution in [-0.2, 0) is 11.9 Å². The molecule has 0 aliphatic carbocycles. The Balaban J connectivity index is 2.08. The fraction of sp³-hybridized carbons (Fsp3) is 0.214. The molecule has 0 saturated carbocycles. The van der Waals surface area contributed by atoms with Crippen LogP contribution in [0.5, 0.6) is 5.75 Å². The Bertz CT molecular complexity index is 526. The lowest BCUT2D eigenvalue weighted by atomic mass is 10.1. The fourth-order valence-corrected chi connectivity index (χ4v) is 2.27. The number of halogens is 2. The second kappa shape index (κ2) is 6.34. The Morgan fingerprint density at radius 1 is 1.22 bits per heavy atom. The number of hydrogen-bond donors (Lipinski definition) is 0. The van der Waals surface area contributed by atoms with Crippen molar-refractivity contribution in [2.45, 2.75) is 18.9 Å². The molecule has 0 spiro atoms. The van der Waals surface area contributed by atoms with Gasteiger partial charge in [-0.3, -0.25) is 4.98 Å². The number of alkyl halides is 1. The van der Waals surface area contributed by atoms with Crippen molar-refractivity contribution >= 4 is 31.9 Å². The molecule has 0 fully saturated rings. The Hall–Kier alpha value is -0.870. The molecule has 94 valence electrons. The van der Waals surface area contributed by atoms with Gasteiger partial charge in [0.05, 0.1) is 5.69 Å². The third kappa shape index (κ3) is 3.56. The summed E-state index contributed by atoms with van der Waals surface area (Å²) in [4.78, 5) is 4.28. The van der Waals surface area contributed by atoms with Crippen molar-refractivity contribution < 1.29 is 4.74 Å². The van der Waals surface area contributed by atoms with Gasteiger partial charge in [-0.2, -0.15) is 0 Å². The van der Waals surface area contributed by atoms with Crippen molar-refractivity contribution in [3.8, 4) is 5.75 Å². The van der Waals surface area contributed by atoms with Crippen LogP contribution < -0.4 is 4.74 Å². The molecule has 0 aliphatic rings. The van der Waals surface area contributed by atoms with E-state index >= 15 is 0 Å². The van der Waals surface area contributed by atoms with Crippen LogP contribution in [0.3, 0.4) is 0 Å². The van der Waals surface area contributed by atoms with E-state index in [1.54, 1.807) is 6.20 Å². The first-order chi connectivity index (χ1) is 8.69. The van der Waals surface area contributed by atoms with E-state index in [0.29, 0.717) is 6.61 Å². The van der Waals surface area contributed by atoms with Gasteiger partial charge in [-0.05, 0) is 41.1 Å². The number of hydrogen-bond acceptors (Lipinski definition) is 2. The molecule has 0 saturated heterocycles. The Labute approximate surface area is 124 Å². The molecule has 0 N–H and O–H groups in total. The normalized spacial score (nSPS) is 10.4. The number of aryl methyl sites for hydroxylation is 1. The molecule has 1 heterocycles. The maximum atomic E-state index is 5.80. The molecule has 2 nitrogen and oxygen atoms in total. The van der Waals surface area contributed by atoms with Crippen LogP contribution >= 0.6 is 31.9 Å². The fourth-order valence-electron chi connectivity index (χ4n) is 1.60. The van der Waals surface area contributed by atoms with Crippen LogP contribution in [0.2, 0.25) is 0 Å². The summed E-state index contributed by atoms with van der Waals surface area (Å²) in [6.07, 6.45) is 1.78. The predicted molar refractivity (Wildman–Crippen MR) is 80.1 cm³/mol. The highest BCUT2D eigenvalue weighted by Gasteiger charge is 2.04. The Morgan fingerprint density at radius 3 is 2.72 bits per heavy atom. The van der Waals surface area contributed by atoms with E-state index in [0.717, 1.165) is 26.8 Å². The predicted octanol–water partition coefficient (Wildman–Crippen LogP) is 4.63. The van der Waals surface area contributed by atoms with E-state index < -0.39 is 0 Å². The summed E-state index contributed by atoms with van der Waals surface area (Å²) >= 11 is 6.84. The first-order valence-corrected chi connectivity index (χ1v) is 7.49. The molecule has 0 atom stereocenters. The van der Waals surface area contributed by atoms with E-state index in [1.165, 1.54) is 5.56 Å².